The molecule has 2 fully saturated rings. The second-order valence-electron chi connectivity index (χ2n) is 29.1. The standard InChI is InChI=1S/C15H28P.C10H8N2.3C8H18.C7H8N.C4H10P.6C3H5O2.C3H8P.C2H6P.6Ni/c1-2-13-16(14-9-5-3-6-10-14)15-11-7-4-8-12-15;1-3-7-11-9(5-1)10-6-2-4-8-12-10;3*1-7(2,3)8(4,5)6;1-2-7-5-3-4-6-8-7;1-2-3-4-5;6*1-2-3(4)5;1-2-3-4;1-2-3;;;;;;/h14-15H,1-13H2;1-8H;3*1-6H3;3-6H,1-2H2;1-5H2;6*1-2H2,(H,4,5);1-4H2;1-3H2;;;;;;/q-1;;;;;10*-1;;5*+2/p+1. The zero-order valence-electron chi connectivity index (χ0n) is 69.6. The topological polar surface area (TPSA) is 262 Å². The quantitative estimate of drug-likeness (QED) is 0.0469. The number of nitrogens with zero attached hydrogens (tertiary/aromatic N) is 3. The average Bonchev–Trinajstić information content (AvgIpc) is 0.882. The molecule has 652 valence electrons. The summed E-state index contributed by atoms with van der Waals surface area (Å²) in [5, 5.41) is 46.0. The molecule has 3 atom stereocenters. The van der Waals surface area contributed by atoms with Crippen molar-refractivity contribution in [2.24, 2.45) is 32.5 Å². The number of rotatable bonds is 15. The summed E-state index contributed by atoms with van der Waals surface area (Å²) in [5.41, 5.74) is 7.84. The van der Waals surface area contributed by atoms with Gasteiger partial charge in [-0.25, -0.2) is 0 Å². The van der Waals surface area contributed by atoms with Gasteiger partial charge in [-0.05, 0) is 126 Å². The van der Waals surface area contributed by atoms with Gasteiger partial charge in [0.25, 0.3) is 35.8 Å². The summed E-state index contributed by atoms with van der Waals surface area (Å²) >= 11 is 0. The van der Waals surface area contributed by atoms with Crippen LogP contribution in [0.25, 0.3) is 11.4 Å². The molecule has 0 saturated heterocycles. The molecule has 0 aromatic carbocycles. The van der Waals surface area contributed by atoms with E-state index in [4.69, 9.17) is 30.6 Å². The molecule has 0 spiro atoms. The Bertz CT molecular complexity index is 2070. The zero-order chi connectivity index (χ0) is 82.2. The molecule has 3 aromatic heterocycles. The molecule has 0 amide bonds. The Morgan fingerprint density at radius 2 is 0.583 bits per heavy atom. The normalized spacial score (nSPS) is 11.5. The summed E-state index contributed by atoms with van der Waals surface area (Å²) in [7, 11) is 7.66. The van der Waals surface area contributed by atoms with Crippen LogP contribution in [0.2, 0.25) is 0 Å². The maximum Gasteiger partial charge on any atom is 2.00 e. The van der Waals surface area contributed by atoms with Crippen LogP contribution < -0.4 is 0 Å². The number of aromatic nitrogens is 3. The summed E-state index contributed by atoms with van der Waals surface area (Å²) < 4.78 is 0. The van der Waals surface area contributed by atoms with Crippen LogP contribution in [0.4, 0.5) is 0 Å². The monoisotopic (exact) mass is 1860 g/mol. The van der Waals surface area contributed by atoms with E-state index in [-0.39, 0.29) is 145 Å². The van der Waals surface area contributed by atoms with Gasteiger partial charge < -0.3 is 107 Å². The summed E-state index contributed by atoms with van der Waals surface area (Å²) in [6, 6.07) is 17.4. The van der Waals surface area contributed by atoms with Crippen LogP contribution in [0.3, 0.4) is 0 Å². The Morgan fingerprint density at radius 1 is 0.370 bits per heavy atom. The van der Waals surface area contributed by atoms with Crippen molar-refractivity contribution in [3.8, 4) is 11.4 Å². The van der Waals surface area contributed by atoms with Crippen LogP contribution in [0.15, 0.2) is 73.2 Å². The minimum absolute atomic E-state index is 0. The minimum Gasteiger partial charge on any atom is -0.483 e. The van der Waals surface area contributed by atoms with E-state index in [0.29, 0.717) is 32.5 Å². The number of hydrogen-bond donors (Lipinski definition) is 6. The van der Waals surface area contributed by atoms with E-state index in [1.54, 1.807) is 44.3 Å². The van der Waals surface area contributed by atoms with Crippen molar-refractivity contribution in [2.45, 2.75) is 271 Å². The van der Waals surface area contributed by atoms with Crippen molar-refractivity contribution in [2.75, 3.05) is 24.6 Å². The van der Waals surface area contributed by atoms with Crippen LogP contribution >= 0.6 is 35.6 Å². The van der Waals surface area contributed by atoms with Crippen LogP contribution in [0.5, 0.6) is 0 Å². The van der Waals surface area contributed by atoms with E-state index in [9.17, 15) is 28.8 Å². The number of carboxylic acid groups (broad SMARTS) is 6. The van der Waals surface area contributed by atoms with Gasteiger partial charge in [-0.15, -0.1) is 31.3 Å². The summed E-state index contributed by atoms with van der Waals surface area (Å²) in [5.74, 6) is -5.14. The molecule has 0 radical (unpaired) electrons. The van der Waals surface area contributed by atoms with Crippen molar-refractivity contribution < 1.29 is 158 Å². The van der Waals surface area contributed by atoms with Gasteiger partial charge in [-0.1, -0.05) is 207 Å². The first-order valence-electron chi connectivity index (χ1n) is 35.6. The van der Waals surface area contributed by atoms with E-state index in [2.05, 4.69) is 243 Å². The van der Waals surface area contributed by atoms with Crippen LogP contribution in [-0.4, -0.2) is 117 Å². The fraction of sp³-hybridized carbons (Fsp3) is 0.614. The number of carboxylic acids is 6. The fourth-order valence-electron chi connectivity index (χ4n) is 5.61. The smallest absolute Gasteiger partial charge is 0.483 e. The first kappa shape index (κ1) is 145. The molecule has 3 unspecified atom stereocenters. The predicted octanol–water partition coefficient (Wildman–Crippen LogP) is 22.9. The molecule has 3 heterocycles. The molecular weight excluding hydrogens is 1710 g/mol. The van der Waals surface area contributed by atoms with E-state index in [1.807, 2.05) is 54.6 Å². The van der Waals surface area contributed by atoms with Gasteiger partial charge in [0, 0.05) is 54.9 Å². The number of unbranched alkanes of at least 4 members (excludes halogenated alkanes) is 1. The predicted molar refractivity (Wildman–Crippen MR) is 454 cm³/mol. The first-order valence-corrected chi connectivity index (χ1v) is 40.0. The van der Waals surface area contributed by atoms with E-state index in [1.165, 1.54) is 75.0 Å². The average molecular weight is 1860 g/mol. The molecule has 25 heteroatoms. The van der Waals surface area contributed by atoms with Gasteiger partial charge in [0.15, 0.2) is 0 Å². The summed E-state index contributed by atoms with van der Waals surface area (Å²) in [6.45, 7) is 77.9. The van der Waals surface area contributed by atoms with Crippen LogP contribution in [0.1, 0.15) is 259 Å². The third kappa shape index (κ3) is 118. The molecule has 6 N–H and O–H groups in total. The molecular formula is C83H153N3Ni6O12P4. The Kier molecular flexibility index (Phi) is 127. The molecule has 0 aliphatic heterocycles. The van der Waals surface area contributed by atoms with Gasteiger partial charge in [-0.3, -0.25) is 43.7 Å². The number of hydrogen-bond acceptors (Lipinski definition) is 9. The molecule has 5 rings (SSSR count). The Labute approximate surface area is 733 Å². The molecule has 2 aliphatic carbocycles. The third-order valence-corrected chi connectivity index (χ3v) is 21.0. The van der Waals surface area contributed by atoms with Crippen LogP contribution in [-0.2, 0) is 134 Å². The number of aliphatic carboxylic acids is 6. The molecule has 3 aromatic rings. The van der Waals surface area contributed by atoms with Crippen LogP contribution in [0, 0.1) is 109 Å². The van der Waals surface area contributed by atoms with Crippen molar-refractivity contribution in [1.29, 1.82) is 0 Å². The second kappa shape index (κ2) is 94.8. The van der Waals surface area contributed by atoms with E-state index >= 15 is 0 Å². The van der Waals surface area contributed by atoms with Gasteiger partial charge >= 0.3 is 82.5 Å². The third-order valence-electron chi connectivity index (χ3n) is 16.0. The Morgan fingerprint density at radius 3 is 0.694 bits per heavy atom. The van der Waals surface area contributed by atoms with Gasteiger partial charge in [0.1, 0.15) is 0 Å². The largest absolute Gasteiger partial charge is 2.00 e. The molecule has 108 heavy (non-hydrogen) atoms. The molecule has 15 nitrogen and oxygen atoms in total. The second-order valence-corrected chi connectivity index (χ2v) is 34.2. The maximum absolute atomic E-state index is 9.31. The number of pyridine rings is 3. The Balaban J connectivity index is -0.0000000611. The first-order chi connectivity index (χ1) is 46.9. The number of carbonyl (C=O) groups is 6. The maximum atomic E-state index is 9.31. The zero-order valence-corrected chi connectivity index (χ0v) is 80.0. The van der Waals surface area contributed by atoms with Gasteiger partial charge in [-0.2, -0.15) is 28.2 Å². The molecule has 0 bridgehead atoms. The van der Waals surface area contributed by atoms with E-state index < -0.39 is 35.8 Å². The SMILES string of the molecule is CC(C)(C)C(C)(C)C.CC(C)(C)C(C)(C)C.CC(C)(C)C(C)(C)C.[CH2-]CC(=O)O.[CH2-]CC(=O)O.[CH2-]CC(=O)O.[CH2-]CC(=O)O.[CH2-]CC(=O)O.[CH2-]CC(=O)O.[CH2-]CCCP.[CH2-]CCP.[CH2-]CC[PH+](C1CCCCC1)C1CCCCC1.[CH2-]CP.[CH2-]Cc1ccccn1.[Ni+2].[Ni+2].[Ni+2].[Ni+2].[Ni+2].[Ni].c1ccc(-c2ccccn2)nc1. The van der Waals surface area contributed by atoms with Crippen molar-refractivity contribution in [1.82, 2.24) is 15.0 Å². The summed E-state index contributed by atoms with van der Waals surface area (Å²) in [6.07, 6.45) is 30.7. The minimum atomic E-state index is -0.856. The van der Waals surface area contributed by atoms with E-state index in [0.717, 1.165) is 48.7 Å². The van der Waals surface area contributed by atoms with Gasteiger partial charge in [0.05, 0.1) is 22.7 Å². The van der Waals surface area contributed by atoms with Gasteiger partial charge in [0.2, 0.25) is 0 Å². The van der Waals surface area contributed by atoms with Crippen molar-refractivity contribution >= 4 is 71.5 Å². The van der Waals surface area contributed by atoms with Crippen molar-refractivity contribution in [3.05, 3.63) is 155 Å². The van der Waals surface area contributed by atoms with Crippen molar-refractivity contribution in [3.63, 3.8) is 0 Å². The Hall–Kier alpha value is -1.05. The molecule has 2 aliphatic rings. The summed E-state index contributed by atoms with van der Waals surface area (Å²) in [4.78, 5) is 68.2. The fourth-order valence-corrected chi connectivity index (χ4v) is 10.1. The molecule has 2 saturated carbocycles.